The van der Waals surface area contributed by atoms with Crippen LogP contribution < -0.4 is 5.32 Å². The standard InChI is InChI=1S/C11H17N3O/c1-3-5-6-10(15)14-9(4-2)11-12-7-8-13-11/h3,7-9H,1,4-6H2,2H3,(H,12,13)(H,14,15). The zero-order valence-electron chi connectivity index (χ0n) is 8.99. The minimum absolute atomic E-state index is 0.0164. The summed E-state index contributed by atoms with van der Waals surface area (Å²) in [6.07, 6.45) is 7.21. The highest BCUT2D eigenvalue weighted by molar-refractivity contribution is 5.76. The van der Waals surface area contributed by atoms with Gasteiger partial charge in [-0.1, -0.05) is 13.0 Å². The van der Waals surface area contributed by atoms with Crippen LogP contribution in [0.3, 0.4) is 0 Å². The first kappa shape index (κ1) is 11.5. The second kappa shape index (κ2) is 6.01. The number of hydrogen-bond acceptors (Lipinski definition) is 2. The molecular weight excluding hydrogens is 190 g/mol. The number of rotatable bonds is 6. The van der Waals surface area contributed by atoms with Crippen molar-refractivity contribution >= 4 is 5.91 Å². The van der Waals surface area contributed by atoms with Crippen molar-refractivity contribution in [2.24, 2.45) is 0 Å². The van der Waals surface area contributed by atoms with Gasteiger partial charge in [-0.25, -0.2) is 4.98 Å². The average Bonchev–Trinajstić information content (AvgIpc) is 2.76. The van der Waals surface area contributed by atoms with Crippen LogP contribution in [0, 0.1) is 0 Å². The van der Waals surface area contributed by atoms with Gasteiger partial charge in [-0.2, -0.15) is 0 Å². The molecule has 0 aliphatic carbocycles. The van der Waals surface area contributed by atoms with E-state index in [1.54, 1.807) is 18.5 Å². The third kappa shape index (κ3) is 3.58. The summed E-state index contributed by atoms with van der Waals surface area (Å²) in [7, 11) is 0. The highest BCUT2D eigenvalue weighted by Gasteiger charge is 2.13. The molecule has 0 aliphatic rings. The Hall–Kier alpha value is -1.58. The van der Waals surface area contributed by atoms with Gasteiger partial charge in [0.05, 0.1) is 6.04 Å². The molecule has 4 heteroatoms. The lowest BCUT2D eigenvalue weighted by Crippen LogP contribution is -2.28. The van der Waals surface area contributed by atoms with E-state index in [4.69, 9.17) is 0 Å². The summed E-state index contributed by atoms with van der Waals surface area (Å²) in [4.78, 5) is 18.6. The van der Waals surface area contributed by atoms with Crippen LogP contribution >= 0.6 is 0 Å². The molecule has 1 aromatic heterocycles. The van der Waals surface area contributed by atoms with E-state index in [1.807, 2.05) is 6.92 Å². The molecule has 1 aromatic rings. The largest absolute Gasteiger partial charge is 0.347 e. The van der Waals surface area contributed by atoms with E-state index in [9.17, 15) is 4.79 Å². The number of amides is 1. The fraction of sp³-hybridized carbons (Fsp3) is 0.455. The van der Waals surface area contributed by atoms with Crippen LogP contribution in [0.15, 0.2) is 25.0 Å². The maximum atomic E-state index is 11.5. The average molecular weight is 207 g/mol. The summed E-state index contributed by atoms with van der Waals surface area (Å²) < 4.78 is 0. The van der Waals surface area contributed by atoms with E-state index in [2.05, 4.69) is 21.9 Å². The van der Waals surface area contributed by atoms with Crippen LogP contribution in [0.25, 0.3) is 0 Å². The Morgan fingerprint density at radius 3 is 3.13 bits per heavy atom. The number of aromatic nitrogens is 2. The number of aromatic amines is 1. The molecule has 1 atom stereocenters. The normalized spacial score (nSPS) is 12.1. The van der Waals surface area contributed by atoms with Gasteiger partial charge in [0.15, 0.2) is 0 Å². The molecule has 0 aromatic carbocycles. The molecule has 0 bridgehead atoms. The molecule has 1 heterocycles. The Morgan fingerprint density at radius 2 is 2.60 bits per heavy atom. The first-order valence-electron chi connectivity index (χ1n) is 5.17. The zero-order chi connectivity index (χ0) is 11.1. The van der Waals surface area contributed by atoms with Gasteiger partial charge in [0, 0.05) is 18.8 Å². The van der Waals surface area contributed by atoms with Crippen molar-refractivity contribution in [3.05, 3.63) is 30.9 Å². The number of hydrogen-bond donors (Lipinski definition) is 2. The summed E-state index contributed by atoms with van der Waals surface area (Å²) in [5, 5.41) is 2.92. The zero-order valence-corrected chi connectivity index (χ0v) is 8.99. The van der Waals surface area contributed by atoms with Gasteiger partial charge < -0.3 is 10.3 Å². The number of carbonyl (C=O) groups excluding carboxylic acids is 1. The maximum Gasteiger partial charge on any atom is 0.220 e. The molecule has 82 valence electrons. The number of allylic oxidation sites excluding steroid dienone is 1. The van der Waals surface area contributed by atoms with Crippen molar-refractivity contribution in [3.63, 3.8) is 0 Å². The first-order chi connectivity index (χ1) is 7.27. The third-order valence-electron chi connectivity index (χ3n) is 2.17. The number of nitrogens with zero attached hydrogens (tertiary/aromatic N) is 1. The summed E-state index contributed by atoms with van der Waals surface area (Å²) in [5.74, 6) is 0.850. The molecule has 2 N–H and O–H groups in total. The first-order valence-corrected chi connectivity index (χ1v) is 5.17. The Morgan fingerprint density at radius 1 is 1.80 bits per heavy atom. The molecule has 0 saturated carbocycles. The quantitative estimate of drug-likeness (QED) is 0.700. The molecule has 0 radical (unpaired) electrons. The van der Waals surface area contributed by atoms with Crippen LogP contribution in [0.4, 0.5) is 0 Å². The number of nitrogens with one attached hydrogen (secondary N) is 2. The molecule has 1 unspecified atom stereocenters. The Labute approximate surface area is 89.8 Å². The Kier molecular flexibility index (Phi) is 4.60. The van der Waals surface area contributed by atoms with Gasteiger partial charge in [-0.05, 0) is 12.8 Å². The monoisotopic (exact) mass is 207 g/mol. The van der Waals surface area contributed by atoms with Gasteiger partial charge in [-0.15, -0.1) is 6.58 Å². The molecule has 0 aliphatic heterocycles. The summed E-state index contributed by atoms with van der Waals surface area (Å²) in [5.41, 5.74) is 0. The molecular formula is C11H17N3O. The smallest absolute Gasteiger partial charge is 0.220 e. The van der Waals surface area contributed by atoms with Crippen LogP contribution in [0.5, 0.6) is 0 Å². The van der Waals surface area contributed by atoms with E-state index < -0.39 is 0 Å². The predicted molar refractivity (Wildman–Crippen MR) is 59.2 cm³/mol. The highest BCUT2D eigenvalue weighted by atomic mass is 16.1. The molecule has 4 nitrogen and oxygen atoms in total. The van der Waals surface area contributed by atoms with E-state index in [0.717, 1.165) is 12.2 Å². The van der Waals surface area contributed by atoms with Gasteiger partial charge in [0.1, 0.15) is 5.82 Å². The van der Waals surface area contributed by atoms with Crippen molar-refractivity contribution in [1.29, 1.82) is 0 Å². The highest BCUT2D eigenvalue weighted by Crippen LogP contribution is 2.11. The lowest BCUT2D eigenvalue weighted by atomic mass is 10.2. The number of imidazole rings is 1. The lowest BCUT2D eigenvalue weighted by molar-refractivity contribution is -0.121. The molecule has 0 fully saturated rings. The second-order valence-electron chi connectivity index (χ2n) is 3.33. The maximum absolute atomic E-state index is 11.5. The topological polar surface area (TPSA) is 57.8 Å². The van der Waals surface area contributed by atoms with Gasteiger partial charge >= 0.3 is 0 Å². The Bertz CT molecular complexity index is 306. The number of carbonyl (C=O) groups is 1. The van der Waals surface area contributed by atoms with E-state index in [0.29, 0.717) is 12.8 Å². The minimum atomic E-state index is -0.0164. The van der Waals surface area contributed by atoms with Crippen molar-refractivity contribution in [2.75, 3.05) is 0 Å². The fourth-order valence-corrected chi connectivity index (χ4v) is 1.33. The van der Waals surface area contributed by atoms with Crippen LogP contribution in [0.2, 0.25) is 0 Å². The van der Waals surface area contributed by atoms with Crippen LogP contribution in [-0.2, 0) is 4.79 Å². The van der Waals surface area contributed by atoms with Gasteiger partial charge in [0.25, 0.3) is 0 Å². The Balaban J connectivity index is 2.47. The minimum Gasteiger partial charge on any atom is -0.347 e. The van der Waals surface area contributed by atoms with Crippen LogP contribution in [0.1, 0.15) is 38.1 Å². The summed E-state index contributed by atoms with van der Waals surface area (Å²) >= 11 is 0. The molecule has 1 rings (SSSR count). The number of H-pyrrole nitrogens is 1. The van der Waals surface area contributed by atoms with Crippen molar-refractivity contribution < 1.29 is 4.79 Å². The summed E-state index contributed by atoms with van der Waals surface area (Å²) in [6.45, 7) is 5.60. The molecule has 1 amide bonds. The predicted octanol–water partition coefficient (Wildman–Crippen LogP) is 1.94. The van der Waals surface area contributed by atoms with Crippen molar-refractivity contribution in [2.45, 2.75) is 32.2 Å². The second-order valence-corrected chi connectivity index (χ2v) is 3.33. The molecule has 0 saturated heterocycles. The van der Waals surface area contributed by atoms with E-state index in [-0.39, 0.29) is 11.9 Å². The van der Waals surface area contributed by atoms with Crippen molar-refractivity contribution in [1.82, 2.24) is 15.3 Å². The van der Waals surface area contributed by atoms with Gasteiger partial charge in [-0.3, -0.25) is 4.79 Å². The van der Waals surface area contributed by atoms with Crippen LogP contribution in [-0.4, -0.2) is 15.9 Å². The summed E-state index contributed by atoms with van der Waals surface area (Å²) in [6, 6.07) is -0.0164. The van der Waals surface area contributed by atoms with Crippen molar-refractivity contribution in [3.8, 4) is 0 Å². The van der Waals surface area contributed by atoms with E-state index in [1.165, 1.54) is 0 Å². The third-order valence-corrected chi connectivity index (χ3v) is 2.17. The van der Waals surface area contributed by atoms with Gasteiger partial charge in [0.2, 0.25) is 5.91 Å². The fourth-order valence-electron chi connectivity index (χ4n) is 1.33. The van der Waals surface area contributed by atoms with E-state index >= 15 is 0 Å². The SMILES string of the molecule is C=CCCC(=O)NC(CC)c1ncc[nH]1. The molecule has 15 heavy (non-hydrogen) atoms. The lowest BCUT2D eigenvalue weighted by Gasteiger charge is -2.14. The molecule has 0 spiro atoms.